The average Bonchev–Trinajstić information content (AvgIpc) is 2.60. The Balaban J connectivity index is 2.18. The quantitative estimate of drug-likeness (QED) is 0.793. The molecule has 2 aromatic rings. The lowest BCUT2D eigenvalue weighted by molar-refractivity contribution is -0.114. The van der Waals surface area contributed by atoms with E-state index in [0.717, 1.165) is 11.3 Å². The molecule has 0 aliphatic heterocycles. The van der Waals surface area contributed by atoms with Crippen LogP contribution in [-0.2, 0) is 14.8 Å². The Hall–Kier alpha value is -2.38. The van der Waals surface area contributed by atoms with Crippen molar-refractivity contribution in [3.63, 3.8) is 0 Å². The molecule has 0 fully saturated rings. The number of amides is 1. The highest BCUT2D eigenvalue weighted by Crippen LogP contribution is 2.23. The summed E-state index contributed by atoms with van der Waals surface area (Å²) >= 11 is 0. The molecule has 0 spiro atoms. The van der Waals surface area contributed by atoms with E-state index in [0.29, 0.717) is 12.1 Å². The zero-order chi connectivity index (χ0) is 18.4. The molecule has 2 N–H and O–H groups in total. The monoisotopic (exact) mass is 362 g/mol. The third-order valence-corrected chi connectivity index (χ3v) is 5.20. The predicted octanol–water partition coefficient (Wildman–Crippen LogP) is 3.08. The lowest BCUT2D eigenvalue weighted by Gasteiger charge is -2.18. The fourth-order valence-electron chi connectivity index (χ4n) is 2.40. The van der Waals surface area contributed by atoms with Crippen LogP contribution < -0.4 is 14.8 Å². The van der Waals surface area contributed by atoms with Gasteiger partial charge in [-0.3, -0.25) is 4.79 Å². The van der Waals surface area contributed by atoms with Gasteiger partial charge in [-0.1, -0.05) is 19.1 Å². The first-order valence-corrected chi connectivity index (χ1v) is 9.38. The Morgan fingerprint density at radius 1 is 1.08 bits per heavy atom. The second kappa shape index (κ2) is 8.13. The molecule has 2 aromatic carbocycles. The molecule has 0 aliphatic carbocycles. The zero-order valence-electron chi connectivity index (χ0n) is 14.4. The number of sulfonamides is 1. The lowest BCUT2D eigenvalue weighted by Crippen LogP contribution is -2.28. The first kappa shape index (κ1) is 19.0. The first-order chi connectivity index (χ1) is 11.9. The number of carbonyl (C=O) groups is 1. The summed E-state index contributed by atoms with van der Waals surface area (Å²) in [6.45, 7) is 3.31. The van der Waals surface area contributed by atoms with E-state index >= 15 is 0 Å². The topological polar surface area (TPSA) is 84.5 Å². The van der Waals surface area contributed by atoms with Gasteiger partial charge in [-0.05, 0) is 48.4 Å². The SMILES string of the molecule is CC[C@@H](NS(=O)(=O)c1ccc(NC(C)=O)cc1)c1ccc(OC)cc1. The number of methoxy groups -OCH3 is 1. The second-order valence-corrected chi connectivity index (χ2v) is 7.27. The highest BCUT2D eigenvalue weighted by molar-refractivity contribution is 7.89. The molecule has 134 valence electrons. The molecule has 0 aliphatic rings. The fourth-order valence-corrected chi connectivity index (χ4v) is 3.71. The molecule has 0 unspecified atom stereocenters. The van der Waals surface area contributed by atoms with Gasteiger partial charge in [0.05, 0.1) is 12.0 Å². The summed E-state index contributed by atoms with van der Waals surface area (Å²) < 4.78 is 33.1. The molecule has 0 heterocycles. The summed E-state index contributed by atoms with van der Waals surface area (Å²) in [5.41, 5.74) is 1.41. The fraction of sp³-hybridized carbons (Fsp3) is 0.278. The van der Waals surface area contributed by atoms with Crippen LogP contribution in [0.4, 0.5) is 5.69 Å². The molecule has 0 saturated carbocycles. The Morgan fingerprint density at radius 2 is 1.68 bits per heavy atom. The van der Waals surface area contributed by atoms with Gasteiger partial charge in [0.15, 0.2) is 0 Å². The van der Waals surface area contributed by atoms with Crippen LogP contribution in [0.15, 0.2) is 53.4 Å². The van der Waals surface area contributed by atoms with Gasteiger partial charge >= 0.3 is 0 Å². The molecule has 0 saturated heterocycles. The van der Waals surface area contributed by atoms with Crippen molar-refractivity contribution in [2.75, 3.05) is 12.4 Å². The molecular formula is C18H22N2O4S. The van der Waals surface area contributed by atoms with Gasteiger partial charge in [0.25, 0.3) is 0 Å². The molecule has 0 radical (unpaired) electrons. The molecular weight excluding hydrogens is 340 g/mol. The summed E-state index contributed by atoms with van der Waals surface area (Å²) in [6, 6.07) is 13.0. The van der Waals surface area contributed by atoms with E-state index in [1.165, 1.54) is 19.1 Å². The largest absolute Gasteiger partial charge is 0.497 e. The van der Waals surface area contributed by atoms with Crippen molar-refractivity contribution < 1.29 is 17.9 Å². The number of benzene rings is 2. The van der Waals surface area contributed by atoms with Crippen molar-refractivity contribution in [1.29, 1.82) is 0 Å². The maximum Gasteiger partial charge on any atom is 0.241 e. The van der Waals surface area contributed by atoms with E-state index < -0.39 is 10.0 Å². The minimum absolute atomic E-state index is 0.147. The molecule has 0 aromatic heterocycles. The molecule has 6 nitrogen and oxygen atoms in total. The van der Waals surface area contributed by atoms with Crippen LogP contribution in [0.3, 0.4) is 0 Å². The van der Waals surface area contributed by atoms with Gasteiger partial charge in [-0.15, -0.1) is 0 Å². The summed E-state index contributed by atoms with van der Waals surface area (Å²) in [5, 5.41) is 2.61. The van der Waals surface area contributed by atoms with Crippen LogP contribution in [-0.4, -0.2) is 21.4 Å². The van der Waals surface area contributed by atoms with E-state index in [9.17, 15) is 13.2 Å². The number of nitrogens with one attached hydrogen (secondary N) is 2. The Bertz CT molecular complexity index is 815. The van der Waals surface area contributed by atoms with Crippen LogP contribution in [0.5, 0.6) is 5.75 Å². The molecule has 1 amide bonds. The number of anilines is 1. The third kappa shape index (κ3) is 5.04. The molecule has 0 bridgehead atoms. The number of rotatable bonds is 7. The van der Waals surface area contributed by atoms with Crippen molar-refractivity contribution in [3.05, 3.63) is 54.1 Å². The summed E-state index contributed by atoms with van der Waals surface area (Å²) in [4.78, 5) is 11.2. The first-order valence-electron chi connectivity index (χ1n) is 7.89. The van der Waals surface area contributed by atoms with E-state index in [1.807, 2.05) is 19.1 Å². The summed E-state index contributed by atoms with van der Waals surface area (Å²) in [6.07, 6.45) is 0.607. The van der Waals surface area contributed by atoms with Gasteiger partial charge in [-0.25, -0.2) is 13.1 Å². The van der Waals surface area contributed by atoms with Crippen LogP contribution in [0.25, 0.3) is 0 Å². The van der Waals surface area contributed by atoms with Gasteiger partial charge < -0.3 is 10.1 Å². The van der Waals surface area contributed by atoms with Crippen LogP contribution >= 0.6 is 0 Å². The van der Waals surface area contributed by atoms with Crippen molar-refractivity contribution >= 4 is 21.6 Å². The highest BCUT2D eigenvalue weighted by atomic mass is 32.2. The highest BCUT2D eigenvalue weighted by Gasteiger charge is 2.20. The summed E-state index contributed by atoms with van der Waals surface area (Å²) in [7, 11) is -2.09. The van der Waals surface area contributed by atoms with E-state index in [4.69, 9.17) is 4.74 Å². The normalized spacial score (nSPS) is 12.4. The van der Waals surface area contributed by atoms with Crippen LogP contribution in [0, 0.1) is 0 Å². The number of carbonyl (C=O) groups excluding carboxylic acids is 1. The maximum atomic E-state index is 12.6. The van der Waals surface area contributed by atoms with Gasteiger partial charge in [0, 0.05) is 18.7 Å². The molecule has 2 rings (SSSR count). The van der Waals surface area contributed by atoms with E-state index in [2.05, 4.69) is 10.0 Å². The van der Waals surface area contributed by atoms with Gasteiger partial charge in [0.2, 0.25) is 15.9 Å². The van der Waals surface area contributed by atoms with E-state index in [-0.39, 0.29) is 16.8 Å². The summed E-state index contributed by atoms with van der Waals surface area (Å²) in [5.74, 6) is 0.509. The molecule has 25 heavy (non-hydrogen) atoms. The minimum atomic E-state index is -3.67. The van der Waals surface area contributed by atoms with Gasteiger partial charge in [-0.2, -0.15) is 0 Å². The number of hydrogen-bond acceptors (Lipinski definition) is 4. The second-order valence-electron chi connectivity index (χ2n) is 5.56. The van der Waals surface area contributed by atoms with Crippen molar-refractivity contribution in [1.82, 2.24) is 4.72 Å². The van der Waals surface area contributed by atoms with Crippen molar-refractivity contribution in [2.24, 2.45) is 0 Å². The van der Waals surface area contributed by atoms with Crippen LogP contribution in [0.1, 0.15) is 31.9 Å². The number of hydrogen-bond donors (Lipinski definition) is 2. The maximum absolute atomic E-state index is 12.6. The lowest BCUT2D eigenvalue weighted by atomic mass is 10.1. The van der Waals surface area contributed by atoms with Gasteiger partial charge in [0.1, 0.15) is 5.75 Å². The van der Waals surface area contributed by atoms with Crippen molar-refractivity contribution in [2.45, 2.75) is 31.2 Å². The van der Waals surface area contributed by atoms with Crippen LogP contribution in [0.2, 0.25) is 0 Å². The molecule has 7 heteroatoms. The predicted molar refractivity (Wildman–Crippen MR) is 97.1 cm³/mol. The standard InChI is InChI=1S/C18H22N2O4S/c1-4-18(14-5-9-16(24-3)10-6-14)20-25(22,23)17-11-7-15(8-12-17)19-13(2)21/h5-12,18,20H,4H2,1-3H3,(H,19,21)/t18-/m1/s1. The minimum Gasteiger partial charge on any atom is -0.497 e. The smallest absolute Gasteiger partial charge is 0.241 e. The zero-order valence-corrected chi connectivity index (χ0v) is 15.3. The Morgan fingerprint density at radius 3 is 2.16 bits per heavy atom. The average molecular weight is 362 g/mol. The third-order valence-electron chi connectivity index (χ3n) is 3.71. The Kier molecular flexibility index (Phi) is 6.17. The van der Waals surface area contributed by atoms with E-state index in [1.54, 1.807) is 31.4 Å². The molecule has 1 atom stereocenters. The number of ether oxygens (including phenoxy) is 1. The Labute approximate surface area is 148 Å². The van der Waals surface area contributed by atoms with Crippen molar-refractivity contribution in [3.8, 4) is 5.75 Å².